The van der Waals surface area contributed by atoms with Crippen LogP contribution >= 0.6 is 0 Å². The Morgan fingerprint density at radius 2 is 2.22 bits per heavy atom. The summed E-state index contributed by atoms with van der Waals surface area (Å²) >= 11 is 0. The number of carbonyl (C=O) groups is 1. The highest BCUT2D eigenvalue weighted by atomic mass is 16.6. The Labute approximate surface area is 103 Å². The lowest BCUT2D eigenvalue weighted by Gasteiger charge is -1.99. The van der Waals surface area contributed by atoms with E-state index < -0.39 is 10.9 Å². The van der Waals surface area contributed by atoms with Crippen molar-refractivity contribution in [1.82, 2.24) is 4.98 Å². The summed E-state index contributed by atoms with van der Waals surface area (Å²) in [7, 11) is 0. The van der Waals surface area contributed by atoms with Gasteiger partial charge in [-0.1, -0.05) is 0 Å². The predicted octanol–water partition coefficient (Wildman–Crippen LogP) is 2.56. The molecule has 1 aromatic heterocycles. The van der Waals surface area contributed by atoms with Gasteiger partial charge in [-0.2, -0.15) is 0 Å². The fraction of sp³-hybridized carbons (Fsp3) is 0.250. The Bertz CT molecular complexity index is 630. The Morgan fingerprint density at radius 1 is 1.50 bits per heavy atom. The van der Waals surface area contributed by atoms with E-state index in [-0.39, 0.29) is 12.3 Å². The summed E-state index contributed by atoms with van der Waals surface area (Å²) in [6.07, 6.45) is 0. The number of carbonyl (C=O) groups excluding carboxylic acids is 1. The molecule has 0 saturated carbocycles. The van der Waals surface area contributed by atoms with Crippen molar-refractivity contribution in [2.24, 2.45) is 0 Å². The molecule has 0 bridgehead atoms. The van der Waals surface area contributed by atoms with Gasteiger partial charge in [0.15, 0.2) is 0 Å². The third kappa shape index (κ3) is 1.92. The molecule has 6 heteroatoms. The molecule has 0 unspecified atom stereocenters. The number of aromatic nitrogens is 1. The molecule has 6 nitrogen and oxygen atoms in total. The number of nitro groups is 1. The molecule has 0 aliphatic heterocycles. The van der Waals surface area contributed by atoms with E-state index in [2.05, 4.69) is 4.98 Å². The smallest absolute Gasteiger partial charge is 0.355 e. The van der Waals surface area contributed by atoms with Crippen molar-refractivity contribution in [2.75, 3.05) is 6.61 Å². The number of rotatable bonds is 3. The second-order valence-corrected chi connectivity index (χ2v) is 3.83. The molecule has 1 N–H and O–H groups in total. The van der Waals surface area contributed by atoms with Crippen molar-refractivity contribution in [3.05, 3.63) is 39.6 Å². The highest BCUT2D eigenvalue weighted by molar-refractivity contribution is 5.98. The van der Waals surface area contributed by atoms with Gasteiger partial charge in [0.25, 0.3) is 5.69 Å². The number of nitrogens with one attached hydrogen (secondary N) is 1. The highest BCUT2D eigenvalue weighted by Gasteiger charge is 2.17. The Hall–Kier alpha value is -2.37. The van der Waals surface area contributed by atoms with Crippen molar-refractivity contribution in [3.63, 3.8) is 0 Å². The summed E-state index contributed by atoms with van der Waals surface area (Å²) in [6, 6.07) is 4.43. The van der Waals surface area contributed by atoms with E-state index in [9.17, 15) is 14.9 Å². The lowest BCUT2D eigenvalue weighted by Crippen LogP contribution is -2.06. The predicted molar refractivity (Wildman–Crippen MR) is 65.6 cm³/mol. The van der Waals surface area contributed by atoms with Gasteiger partial charge in [0.1, 0.15) is 5.69 Å². The first kappa shape index (κ1) is 12.1. The number of aryl methyl sites for hydroxylation is 1. The molecule has 0 fully saturated rings. The topological polar surface area (TPSA) is 85.2 Å². The number of nitro benzene ring substituents is 1. The van der Waals surface area contributed by atoms with Gasteiger partial charge in [-0.05, 0) is 25.5 Å². The summed E-state index contributed by atoms with van der Waals surface area (Å²) in [6.45, 7) is 3.74. The van der Waals surface area contributed by atoms with Crippen LogP contribution in [0.25, 0.3) is 10.9 Å². The normalized spacial score (nSPS) is 10.6. The van der Waals surface area contributed by atoms with Crippen LogP contribution < -0.4 is 0 Å². The van der Waals surface area contributed by atoms with Crippen molar-refractivity contribution < 1.29 is 14.5 Å². The third-order valence-corrected chi connectivity index (χ3v) is 2.73. The first-order chi connectivity index (χ1) is 8.54. The highest BCUT2D eigenvalue weighted by Crippen LogP contribution is 2.26. The number of benzene rings is 1. The van der Waals surface area contributed by atoms with Crippen molar-refractivity contribution in [1.29, 1.82) is 0 Å². The summed E-state index contributed by atoms with van der Waals surface area (Å²) in [5, 5.41) is 11.4. The van der Waals surface area contributed by atoms with Gasteiger partial charge in [0.05, 0.1) is 11.5 Å². The third-order valence-electron chi connectivity index (χ3n) is 2.73. The van der Waals surface area contributed by atoms with E-state index in [0.717, 1.165) is 0 Å². The quantitative estimate of drug-likeness (QED) is 0.514. The number of H-pyrrole nitrogens is 1. The minimum absolute atomic E-state index is 0.00000821. The van der Waals surface area contributed by atoms with E-state index in [0.29, 0.717) is 22.2 Å². The fourth-order valence-corrected chi connectivity index (χ4v) is 1.84. The van der Waals surface area contributed by atoms with Crippen molar-refractivity contribution >= 4 is 22.6 Å². The van der Waals surface area contributed by atoms with Gasteiger partial charge in [0, 0.05) is 23.0 Å². The second kappa shape index (κ2) is 4.48. The van der Waals surface area contributed by atoms with Crippen LogP contribution in [-0.4, -0.2) is 22.5 Å². The van der Waals surface area contributed by atoms with Crippen LogP contribution in [-0.2, 0) is 4.74 Å². The molecule has 0 aliphatic rings. The molecule has 0 saturated heterocycles. The summed E-state index contributed by atoms with van der Waals surface area (Å²) in [5.41, 5.74) is 1.68. The number of fused-ring (bicyclic) bond motifs is 1. The number of aromatic amines is 1. The van der Waals surface area contributed by atoms with E-state index in [1.807, 2.05) is 0 Å². The van der Waals surface area contributed by atoms with Gasteiger partial charge in [-0.15, -0.1) is 0 Å². The number of nitrogens with zero attached hydrogens (tertiary/aromatic N) is 1. The van der Waals surface area contributed by atoms with Crippen LogP contribution in [0.3, 0.4) is 0 Å². The molecule has 0 atom stereocenters. The Balaban J connectivity index is 2.56. The lowest BCUT2D eigenvalue weighted by atomic mass is 10.1. The zero-order valence-corrected chi connectivity index (χ0v) is 10.0. The van der Waals surface area contributed by atoms with Crippen LogP contribution in [0, 0.1) is 17.0 Å². The molecule has 0 spiro atoms. The zero-order valence-electron chi connectivity index (χ0n) is 10.0. The van der Waals surface area contributed by atoms with Gasteiger partial charge < -0.3 is 9.72 Å². The monoisotopic (exact) mass is 248 g/mol. The number of ether oxygens (including phenoxy) is 1. The molecule has 0 aliphatic carbocycles. The lowest BCUT2D eigenvalue weighted by molar-refractivity contribution is -0.384. The van der Waals surface area contributed by atoms with E-state index in [4.69, 9.17) is 4.74 Å². The molecule has 1 aromatic carbocycles. The standard InChI is InChI=1S/C12H12N2O4/c1-3-18-12(15)11-7(2)9-6-8(14(16)17)4-5-10(9)13-11/h4-6,13H,3H2,1-2H3. The Morgan fingerprint density at radius 3 is 2.83 bits per heavy atom. The first-order valence-corrected chi connectivity index (χ1v) is 5.48. The molecule has 0 radical (unpaired) electrons. The fourth-order valence-electron chi connectivity index (χ4n) is 1.84. The largest absolute Gasteiger partial charge is 0.461 e. The molecular formula is C12H12N2O4. The van der Waals surface area contributed by atoms with Gasteiger partial charge >= 0.3 is 5.97 Å². The number of hydrogen-bond donors (Lipinski definition) is 1. The van der Waals surface area contributed by atoms with Crippen molar-refractivity contribution in [2.45, 2.75) is 13.8 Å². The minimum atomic E-state index is -0.462. The van der Waals surface area contributed by atoms with E-state index in [1.165, 1.54) is 12.1 Å². The molecule has 0 amide bonds. The van der Waals surface area contributed by atoms with Gasteiger partial charge in [-0.3, -0.25) is 10.1 Å². The Kier molecular flexibility index (Phi) is 3.01. The van der Waals surface area contributed by atoms with Crippen LogP contribution in [0.5, 0.6) is 0 Å². The molecule has 1 heterocycles. The molecule has 94 valence electrons. The van der Waals surface area contributed by atoms with Crippen LogP contribution in [0.1, 0.15) is 23.0 Å². The average molecular weight is 248 g/mol. The number of esters is 1. The number of hydrogen-bond acceptors (Lipinski definition) is 4. The zero-order chi connectivity index (χ0) is 13.3. The maximum absolute atomic E-state index is 11.7. The summed E-state index contributed by atoms with van der Waals surface area (Å²) in [5.74, 6) is -0.450. The first-order valence-electron chi connectivity index (χ1n) is 5.48. The molecule has 2 aromatic rings. The second-order valence-electron chi connectivity index (χ2n) is 3.83. The van der Waals surface area contributed by atoms with E-state index >= 15 is 0 Å². The maximum Gasteiger partial charge on any atom is 0.355 e. The van der Waals surface area contributed by atoms with Gasteiger partial charge in [0.2, 0.25) is 0 Å². The van der Waals surface area contributed by atoms with Gasteiger partial charge in [-0.25, -0.2) is 4.79 Å². The average Bonchev–Trinajstić information content (AvgIpc) is 2.67. The van der Waals surface area contributed by atoms with Crippen LogP contribution in [0.15, 0.2) is 18.2 Å². The molecule has 2 rings (SSSR count). The maximum atomic E-state index is 11.7. The van der Waals surface area contributed by atoms with Crippen molar-refractivity contribution in [3.8, 4) is 0 Å². The van der Waals surface area contributed by atoms with Crippen LogP contribution in [0.2, 0.25) is 0 Å². The van der Waals surface area contributed by atoms with E-state index in [1.54, 1.807) is 19.9 Å². The molecule has 18 heavy (non-hydrogen) atoms. The number of non-ortho nitro benzene ring substituents is 1. The van der Waals surface area contributed by atoms with Crippen LogP contribution in [0.4, 0.5) is 5.69 Å². The molecular weight excluding hydrogens is 236 g/mol. The minimum Gasteiger partial charge on any atom is -0.461 e. The summed E-state index contributed by atoms with van der Waals surface area (Å²) in [4.78, 5) is 24.8. The SMILES string of the molecule is CCOC(=O)c1[nH]c2ccc([N+](=O)[O-])cc2c1C. The summed E-state index contributed by atoms with van der Waals surface area (Å²) < 4.78 is 4.91.